The van der Waals surface area contributed by atoms with Crippen LogP contribution in [0, 0.1) is 5.92 Å². The van der Waals surface area contributed by atoms with Crippen LogP contribution in [0.2, 0.25) is 0 Å². The summed E-state index contributed by atoms with van der Waals surface area (Å²) < 4.78 is 4.84. The topological polar surface area (TPSA) is 58.6 Å². The van der Waals surface area contributed by atoms with Gasteiger partial charge in [0.05, 0.1) is 7.11 Å². The summed E-state index contributed by atoms with van der Waals surface area (Å²) in [6, 6.07) is 13.6. The SMILES string of the molecule is COC(=O)c1cc(N2C[C@H](c3ccccc3)[C@H]3[C@@H]2C2CCN3CC2)ncn1. The van der Waals surface area contributed by atoms with Crippen molar-refractivity contribution in [1.82, 2.24) is 14.9 Å². The average Bonchev–Trinajstić information content (AvgIpc) is 3.18. The van der Waals surface area contributed by atoms with Gasteiger partial charge in [0.15, 0.2) is 5.69 Å². The van der Waals surface area contributed by atoms with Gasteiger partial charge in [-0.15, -0.1) is 0 Å². The summed E-state index contributed by atoms with van der Waals surface area (Å²) in [7, 11) is 1.38. The lowest BCUT2D eigenvalue weighted by molar-refractivity contribution is 0.0354. The zero-order chi connectivity index (χ0) is 18.4. The average molecular weight is 364 g/mol. The Bertz CT molecular complexity index is 835. The third-order valence-corrected chi connectivity index (χ3v) is 6.56. The maximum Gasteiger partial charge on any atom is 0.356 e. The Morgan fingerprint density at radius 3 is 2.63 bits per heavy atom. The molecule has 0 unspecified atom stereocenters. The number of hydrogen-bond acceptors (Lipinski definition) is 6. The molecular weight excluding hydrogens is 340 g/mol. The number of methoxy groups -OCH3 is 1. The van der Waals surface area contributed by atoms with Gasteiger partial charge < -0.3 is 9.64 Å². The third kappa shape index (κ3) is 2.70. The van der Waals surface area contributed by atoms with Crippen LogP contribution in [0.4, 0.5) is 5.82 Å². The van der Waals surface area contributed by atoms with Crippen LogP contribution in [0.1, 0.15) is 34.8 Å². The number of nitrogens with zero attached hydrogens (tertiary/aromatic N) is 4. The van der Waals surface area contributed by atoms with E-state index in [0.717, 1.165) is 12.4 Å². The molecule has 1 aromatic heterocycles. The normalized spacial score (nSPS) is 31.6. The Labute approximate surface area is 159 Å². The van der Waals surface area contributed by atoms with E-state index in [0.29, 0.717) is 29.6 Å². The highest BCUT2D eigenvalue weighted by Gasteiger charge is 2.53. The Hall–Kier alpha value is -2.47. The summed E-state index contributed by atoms with van der Waals surface area (Å²) in [6.07, 6.45) is 3.97. The van der Waals surface area contributed by atoms with Crippen LogP contribution in [0.3, 0.4) is 0 Å². The number of fused-ring (bicyclic) bond motifs is 2. The number of aromatic nitrogens is 2. The first-order valence-electron chi connectivity index (χ1n) is 9.72. The van der Waals surface area contributed by atoms with E-state index in [4.69, 9.17) is 4.74 Å². The van der Waals surface area contributed by atoms with Gasteiger partial charge in [0.2, 0.25) is 0 Å². The standard InChI is InChI=1S/C21H24N4O2/c1-27-21(26)17-11-18(23-13-22-17)25-12-16(14-5-3-2-4-6-14)20-19(25)15-7-9-24(20)10-8-15/h2-6,11,13,15-16,19-20H,7-10,12H2,1H3/t16-,19+,20+/m1/s1. The molecule has 0 saturated carbocycles. The van der Waals surface area contributed by atoms with E-state index in [1.807, 2.05) is 0 Å². The summed E-state index contributed by atoms with van der Waals surface area (Å²) in [6.45, 7) is 3.31. The zero-order valence-electron chi connectivity index (χ0n) is 15.5. The molecule has 6 nitrogen and oxygen atoms in total. The molecule has 0 spiro atoms. The molecule has 2 aromatic rings. The monoisotopic (exact) mass is 364 g/mol. The minimum atomic E-state index is -0.414. The summed E-state index contributed by atoms with van der Waals surface area (Å²) in [5.74, 6) is 1.57. The molecule has 5 heterocycles. The molecule has 1 aromatic carbocycles. The van der Waals surface area contributed by atoms with Crippen LogP contribution in [-0.4, -0.2) is 59.7 Å². The Morgan fingerprint density at radius 2 is 1.89 bits per heavy atom. The highest BCUT2D eigenvalue weighted by Crippen LogP contribution is 2.47. The van der Waals surface area contributed by atoms with E-state index < -0.39 is 5.97 Å². The van der Waals surface area contributed by atoms with Crippen molar-refractivity contribution in [3.63, 3.8) is 0 Å². The van der Waals surface area contributed by atoms with Gasteiger partial charge in [-0.2, -0.15) is 0 Å². The number of hydrogen-bond donors (Lipinski definition) is 0. The molecule has 0 amide bonds. The van der Waals surface area contributed by atoms with Gasteiger partial charge in [-0.3, -0.25) is 4.90 Å². The molecule has 4 saturated heterocycles. The fourth-order valence-electron chi connectivity index (χ4n) is 5.40. The van der Waals surface area contributed by atoms with Crippen LogP contribution in [0.15, 0.2) is 42.7 Å². The predicted molar refractivity (Wildman–Crippen MR) is 102 cm³/mol. The molecule has 2 bridgehead atoms. The van der Waals surface area contributed by atoms with Crippen molar-refractivity contribution in [3.8, 4) is 0 Å². The molecule has 140 valence electrons. The molecule has 0 radical (unpaired) electrons. The van der Waals surface area contributed by atoms with Crippen molar-refractivity contribution >= 4 is 11.8 Å². The fourth-order valence-corrected chi connectivity index (χ4v) is 5.40. The van der Waals surface area contributed by atoms with Crippen molar-refractivity contribution in [2.24, 2.45) is 5.92 Å². The maximum atomic E-state index is 11.9. The van der Waals surface area contributed by atoms with Crippen molar-refractivity contribution in [2.75, 3.05) is 31.6 Å². The van der Waals surface area contributed by atoms with E-state index in [-0.39, 0.29) is 0 Å². The number of benzene rings is 1. The molecule has 4 aliphatic heterocycles. The second kappa shape index (κ2) is 6.60. The quantitative estimate of drug-likeness (QED) is 0.779. The largest absolute Gasteiger partial charge is 0.464 e. The molecule has 0 N–H and O–H groups in total. The Kier molecular flexibility index (Phi) is 4.08. The minimum absolute atomic E-state index is 0.323. The van der Waals surface area contributed by atoms with Crippen LogP contribution in [-0.2, 0) is 4.74 Å². The first-order chi connectivity index (χ1) is 13.3. The van der Waals surface area contributed by atoms with Crippen LogP contribution in [0.25, 0.3) is 0 Å². The first kappa shape index (κ1) is 16.7. The molecule has 6 rings (SSSR count). The number of esters is 1. The molecule has 4 aliphatic rings. The maximum absolute atomic E-state index is 11.9. The zero-order valence-corrected chi connectivity index (χ0v) is 15.5. The minimum Gasteiger partial charge on any atom is -0.464 e. The Morgan fingerprint density at radius 1 is 1.11 bits per heavy atom. The number of carbonyl (C=O) groups is 1. The lowest BCUT2D eigenvalue weighted by atomic mass is 9.75. The van der Waals surface area contributed by atoms with Gasteiger partial charge in [-0.1, -0.05) is 30.3 Å². The summed E-state index contributed by atoms with van der Waals surface area (Å²) in [5, 5.41) is 0. The van der Waals surface area contributed by atoms with Gasteiger partial charge in [0.25, 0.3) is 0 Å². The molecule has 27 heavy (non-hydrogen) atoms. The second-order valence-corrected chi connectivity index (χ2v) is 7.78. The van der Waals surface area contributed by atoms with E-state index >= 15 is 0 Å². The first-order valence-corrected chi connectivity index (χ1v) is 9.72. The third-order valence-electron chi connectivity index (χ3n) is 6.56. The highest BCUT2D eigenvalue weighted by molar-refractivity contribution is 5.87. The summed E-state index contributed by atoms with van der Waals surface area (Å²) >= 11 is 0. The number of piperidine rings is 3. The smallest absolute Gasteiger partial charge is 0.356 e. The van der Waals surface area contributed by atoms with Gasteiger partial charge in [0.1, 0.15) is 12.1 Å². The lowest BCUT2D eigenvalue weighted by Crippen LogP contribution is -2.60. The van der Waals surface area contributed by atoms with Crippen molar-refractivity contribution in [3.05, 3.63) is 54.0 Å². The van der Waals surface area contributed by atoms with E-state index in [9.17, 15) is 4.79 Å². The number of anilines is 1. The van der Waals surface area contributed by atoms with Crippen LogP contribution < -0.4 is 4.90 Å². The molecule has 6 heteroatoms. The van der Waals surface area contributed by atoms with Crippen LogP contribution >= 0.6 is 0 Å². The number of ether oxygens (including phenoxy) is 1. The van der Waals surface area contributed by atoms with Crippen molar-refractivity contribution < 1.29 is 9.53 Å². The highest BCUT2D eigenvalue weighted by atomic mass is 16.5. The van der Waals surface area contributed by atoms with E-state index in [1.165, 1.54) is 44.9 Å². The van der Waals surface area contributed by atoms with E-state index in [2.05, 4.69) is 50.1 Å². The van der Waals surface area contributed by atoms with Gasteiger partial charge in [-0.25, -0.2) is 14.8 Å². The summed E-state index contributed by atoms with van der Waals surface area (Å²) in [4.78, 5) is 25.6. The van der Waals surface area contributed by atoms with Crippen LogP contribution in [0.5, 0.6) is 0 Å². The molecule has 0 aliphatic carbocycles. The van der Waals surface area contributed by atoms with E-state index in [1.54, 1.807) is 6.07 Å². The van der Waals surface area contributed by atoms with Gasteiger partial charge in [0, 0.05) is 30.6 Å². The van der Waals surface area contributed by atoms with Gasteiger partial charge in [-0.05, 0) is 37.4 Å². The lowest BCUT2D eigenvalue weighted by Gasteiger charge is -2.51. The molecular formula is C21H24N4O2. The Balaban J connectivity index is 1.54. The second-order valence-electron chi connectivity index (χ2n) is 7.78. The predicted octanol–water partition coefficient (Wildman–Crippen LogP) is 2.33. The van der Waals surface area contributed by atoms with Gasteiger partial charge >= 0.3 is 5.97 Å². The van der Waals surface area contributed by atoms with Crippen molar-refractivity contribution in [1.29, 1.82) is 0 Å². The molecule has 3 atom stereocenters. The fraction of sp³-hybridized carbons (Fsp3) is 0.476. The number of rotatable bonds is 3. The molecule has 4 fully saturated rings. The number of carbonyl (C=O) groups excluding carboxylic acids is 1. The van der Waals surface area contributed by atoms with Crippen molar-refractivity contribution in [2.45, 2.75) is 30.8 Å². The summed E-state index contributed by atoms with van der Waals surface area (Å²) in [5.41, 5.74) is 1.72.